The molecule has 312 valence electrons. The van der Waals surface area contributed by atoms with Crippen LogP contribution in [0.15, 0.2) is 217 Å². The Balaban J connectivity index is 1.09. The first-order valence-corrected chi connectivity index (χ1v) is 22.1. The van der Waals surface area contributed by atoms with E-state index < -0.39 is 0 Å². The SMILES string of the molecule is c1ccc(-c2cc(-c3cccc4ccccc34)nc(-c3cc(-c4nc(-c5ccccc5)cc(-c5cccc6ccccc56)n4)cc(-c4nc5c6cccnc6c6ncccc6c5o4)c3)n2)cc1. The van der Waals surface area contributed by atoms with E-state index in [0.717, 1.165) is 99.5 Å². The third kappa shape index (κ3) is 6.74. The van der Waals surface area contributed by atoms with Crippen LogP contribution in [0.25, 0.3) is 134 Å². The molecule has 13 rings (SSSR count). The van der Waals surface area contributed by atoms with Crippen LogP contribution in [0.2, 0.25) is 0 Å². The number of hydrogen-bond donors (Lipinski definition) is 0. The number of pyridine rings is 2. The van der Waals surface area contributed by atoms with Crippen molar-refractivity contribution in [2.75, 3.05) is 0 Å². The van der Waals surface area contributed by atoms with Gasteiger partial charge < -0.3 is 4.42 Å². The van der Waals surface area contributed by atoms with Crippen LogP contribution in [0.4, 0.5) is 0 Å². The van der Waals surface area contributed by atoms with Crippen LogP contribution in [-0.2, 0) is 0 Å². The van der Waals surface area contributed by atoms with E-state index in [1.807, 2.05) is 60.7 Å². The quantitative estimate of drug-likeness (QED) is 0.146. The summed E-state index contributed by atoms with van der Waals surface area (Å²) < 4.78 is 6.87. The van der Waals surface area contributed by atoms with E-state index >= 15 is 0 Å². The summed E-state index contributed by atoms with van der Waals surface area (Å²) in [4.78, 5) is 36.1. The van der Waals surface area contributed by atoms with E-state index in [-0.39, 0.29) is 0 Å². The van der Waals surface area contributed by atoms with Gasteiger partial charge in [0.2, 0.25) is 5.89 Å². The predicted molar refractivity (Wildman–Crippen MR) is 269 cm³/mol. The van der Waals surface area contributed by atoms with Crippen molar-refractivity contribution in [1.82, 2.24) is 34.9 Å². The summed E-state index contributed by atoms with van der Waals surface area (Å²) in [6.45, 7) is 0. The fourth-order valence-corrected chi connectivity index (χ4v) is 9.22. The number of hydrogen-bond acceptors (Lipinski definition) is 8. The van der Waals surface area contributed by atoms with E-state index in [2.05, 4.69) is 140 Å². The zero-order chi connectivity index (χ0) is 44.3. The highest BCUT2D eigenvalue weighted by molar-refractivity contribution is 6.20. The normalized spacial score (nSPS) is 11.6. The highest BCUT2D eigenvalue weighted by Gasteiger charge is 2.22. The summed E-state index contributed by atoms with van der Waals surface area (Å²) in [6.07, 6.45) is 3.56. The molecule has 8 nitrogen and oxygen atoms in total. The van der Waals surface area contributed by atoms with Gasteiger partial charge in [-0.2, -0.15) is 0 Å². The van der Waals surface area contributed by atoms with E-state index in [4.69, 9.17) is 39.3 Å². The number of aromatic nitrogens is 7. The Morgan fingerprint density at radius 1 is 0.299 bits per heavy atom. The van der Waals surface area contributed by atoms with Crippen LogP contribution in [0.5, 0.6) is 0 Å². The summed E-state index contributed by atoms with van der Waals surface area (Å²) in [6, 6.07) is 68.1. The molecule has 8 aromatic carbocycles. The Bertz CT molecular complexity index is 3790. The number of nitrogens with zero attached hydrogens (tertiary/aromatic N) is 7. The highest BCUT2D eigenvalue weighted by atomic mass is 16.3. The second-order valence-corrected chi connectivity index (χ2v) is 16.5. The molecule has 0 aliphatic heterocycles. The number of rotatable bonds is 7. The van der Waals surface area contributed by atoms with Crippen molar-refractivity contribution in [3.05, 3.63) is 213 Å². The number of fused-ring (bicyclic) bond motifs is 8. The Hall–Kier alpha value is -9.27. The first kappa shape index (κ1) is 38.2. The predicted octanol–water partition coefficient (Wildman–Crippen LogP) is 14.5. The molecule has 0 fully saturated rings. The zero-order valence-electron chi connectivity index (χ0n) is 35.7. The minimum absolute atomic E-state index is 0.418. The number of benzene rings is 8. The maximum absolute atomic E-state index is 6.87. The topological polar surface area (TPSA) is 103 Å². The Morgan fingerprint density at radius 3 is 1.31 bits per heavy atom. The molecule has 5 heterocycles. The van der Waals surface area contributed by atoms with Gasteiger partial charge in [0.05, 0.1) is 28.3 Å². The highest BCUT2D eigenvalue weighted by Crippen LogP contribution is 2.40. The second kappa shape index (κ2) is 15.8. The molecule has 5 aromatic heterocycles. The molecule has 0 amide bonds. The van der Waals surface area contributed by atoms with E-state index in [1.54, 1.807) is 12.4 Å². The van der Waals surface area contributed by atoms with Gasteiger partial charge >= 0.3 is 0 Å². The van der Waals surface area contributed by atoms with Crippen molar-refractivity contribution in [2.45, 2.75) is 0 Å². The third-order valence-electron chi connectivity index (χ3n) is 12.4. The Morgan fingerprint density at radius 2 is 0.746 bits per heavy atom. The summed E-state index contributed by atoms with van der Waals surface area (Å²) in [7, 11) is 0. The molecular weight excluding hydrogens is 823 g/mol. The molecule has 67 heavy (non-hydrogen) atoms. The van der Waals surface area contributed by atoms with Crippen LogP contribution >= 0.6 is 0 Å². The molecule has 0 N–H and O–H groups in total. The van der Waals surface area contributed by atoms with E-state index in [9.17, 15) is 0 Å². The van der Waals surface area contributed by atoms with E-state index in [0.29, 0.717) is 34.2 Å². The summed E-state index contributed by atoms with van der Waals surface area (Å²) in [5.41, 5.74) is 12.2. The average molecular weight is 858 g/mol. The van der Waals surface area contributed by atoms with Gasteiger partial charge in [0.25, 0.3) is 0 Å². The molecule has 0 atom stereocenters. The molecule has 0 aliphatic rings. The van der Waals surface area contributed by atoms with Crippen molar-refractivity contribution >= 4 is 54.5 Å². The fourth-order valence-electron chi connectivity index (χ4n) is 9.22. The standard InChI is InChI=1S/C59H35N7O/c1-3-17-38(18-4-1)49-34-51(45-25-11-21-36-15-7-9-23-43(36)45)64-57(62-49)40-31-41(33-42(32-40)59-66-55-47-27-13-29-60-53(47)54-48(56(55)67-59)28-14-30-61-54)58-63-50(39-19-5-2-6-20-39)35-52(65-58)46-26-12-22-37-16-8-10-24-44(37)46/h1-35H. The smallest absolute Gasteiger partial charge is 0.227 e. The maximum atomic E-state index is 6.87. The van der Waals surface area contributed by atoms with Gasteiger partial charge in [0, 0.05) is 62.1 Å². The van der Waals surface area contributed by atoms with Crippen LogP contribution in [0.1, 0.15) is 0 Å². The molecule has 0 saturated heterocycles. The lowest BCUT2D eigenvalue weighted by Crippen LogP contribution is -1.99. The lowest BCUT2D eigenvalue weighted by atomic mass is 9.99. The molecule has 0 aliphatic carbocycles. The average Bonchev–Trinajstić information content (AvgIpc) is 3.87. The minimum Gasteiger partial charge on any atom is -0.435 e. The van der Waals surface area contributed by atoms with Gasteiger partial charge in [-0.1, -0.05) is 146 Å². The summed E-state index contributed by atoms with van der Waals surface area (Å²) in [5, 5.41) is 6.15. The van der Waals surface area contributed by atoms with Crippen molar-refractivity contribution in [3.8, 4) is 79.3 Å². The summed E-state index contributed by atoms with van der Waals surface area (Å²) >= 11 is 0. The van der Waals surface area contributed by atoms with Crippen molar-refractivity contribution < 1.29 is 4.42 Å². The zero-order valence-corrected chi connectivity index (χ0v) is 35.7. The van der Waals surface area contributed by atoms with Crippen molar-refractivity contribution in [3.63, 3.8) is 0 Å². The van der Waals surface area contributed by atoms with Crippen LogP contribution in [0, 0.1) is 0 Å². The van der Waals surface area contributed by atoms with Crippen LogP contribution in [-0.4, -0.2) is 34.9 Å². The number of oxazole rings is 1. The molecule has 0 saturated carbocycles. The first-order valence-electron chi connectivity index (χ1n) is 22.1. The van der Waals surface area contributed by atoms with Crippen LogP contribution < -0.4 is 0 Å². The largest absolute Gasteiger partial charge is 0.435 e. The van der Waals surface area contributed by atoms with Gasteiger partial charge in [-0.3, -0.25) is 9.97 Å². The molecule has 0 spiro atoms. The lowest BCUT2D eigenvalue weighted by molar-refractivity contribution is 0.623. The maximum Gasteiger partial charge on any atom is 0.227 e. The molecular formula is C59H35N7O. The van der Waals surface area contributed by atoms with Crippen molar-refractivity contribution in [1.29, 1.82) is 0 Å². The fraction of sp³-hybridized carbons (Fsp3) is 0. The van der Waals surface area contributed by atoms with Gasteiger partial charge in [0.15, 0.2) is 17.2 Å². The van der Waals surface area contributed by atoms with Gasteiger partial charge in [-0.15, -0.1) is 0 Å². The molecule has 8 heteroatoms. The van der Waals surface area contributed by atoms with Gasteiger partial charge in [-0.25, -0.2) is 24.9 Å². The van der Waals surface area contributed by atoms with Gasteiger partial charge in [0.1, 0.15) is 11.0 Å². The second-order valence-electron chi connectivity index (χ2n) is 16.5. The van der Waals surface area contributed by atoms with E-state index in [1.165, 1.54) is 0 Å². The Kier molecular flexibility index (Phi) is 8.99. The molecule has 0 radical (unpaired) electrons. The first-order chi connectivity index (χ1) is 33.2. The Labute approximate surface area is 384 Å². The molecule has 13 aromatic rings. The third-order valence-corrected chi connectivity index (χ3v) is 12.4. The van der Waals surface area contributed by atoms with Gasteiger partial charge in [-0.05, 0) is 76.1 Å². The summed E-state index contributed by atoms with van der Waals surface area (Å²) in [5.74, 6) is 1.48. The van der Waals surface area contributed by atoms with Crippen LogP contribution in [0.3, 0.4) is 0 Å². The molecule has 0 unspecified atom stereocenters. The monoisotopic (exact) mass is 857 g/mol. The lowest BCUT2D eigenvalue weighted by Gasteiger charge is -2.14. The molecule has 0 bridgehead atoms. The minimum atomic E-state index is 0.418. The van der Waals surface area contributed by atoms with Crippen molar-refractivity contribution in [2.24, 2.45) is 0 Å².